The third kappa shape index (κ3) is 3.27. The molecular weight excluding hydrogens is 300 g/mol. The second-order valence-corrected chi connectivity index (χ2v) is 5.37. The van der Waals surface area contributed by atoms with Crippen molar-refractivity contribution in [3.05, 3.63) is 29.8 Å². The highest BCUT2D eigenvalue weighted by atomic mass is 35.5. The van der Waals surface area contributed by atoms with Crippen molar-refractivity contribution in [1.82, 2.24) is 10.6 Å². The SMILES string of the molecule is Cl.O=C(NC1CCN(c2c(F)cccc2F)C1)C1CNC1. The molecule has 1 aromatic rings. The van der Waals surface area contributed by atoms with E-state index in [1.807, 2.05) is 0 Å². The lowest BCUT2D eigenvalue weighted by Gasteiger charge is -2.27. The van der Waals surface area contributed by atoms with E-state index in [0.29, 0.717) is 32.6 Å². The number of anilines is 1. The lowest BCUT2D eigenvalue weighted by atomic mass is 10.0. The largest absolute Gasteiger partial charge is 0.365 e. The molecule has 21 heavy (non-hydrogen) atoms. The number of halogens is 3. The van der Waals surface area contributed by atoms with Crippen LogP contribution in [-0.4, -0.2) is 38.1 Å². The van der Waals surface area contributed by atoms with Crippen molar-refractivity contribution in [2.24, 2.45) is 5.92 Å². The Bertz CT molecular complexity index is 505. The van der Waals surface area contributed by atoms with Gasteiger partial charge in [-0.05, 0) is 18.6 Å². The van der Waals surface area contributed by atoms with Gasteiger partial charge in [-0.25, -0.2) is 8.78 Å². The molecule has 116 valence electrons. The minimum Gasteiger partial charge on any atom is -0.365 e. The third-order valence-electron chi connectivity index (χ3n) is 3.94. The van der Waals surface area contributed by atoms with Crippen molar-refractivity contribution >= 4 is 24.0 Å². The molecule has 7 heteroatoms. The molecule has 1 amide bonds. The zero-order chi connectivity index (χ0) is 14.1. The fraction of sp³-hybridized carbons (Fsp3) is 0.500. The van der Waals surface area contributed by atoms with Gasteiger partial charge in [0.1, 0.15) is 17.3 Å². The number of nitrogens with zero attached hydrogens (tertiary/aromatic N) is 1. The molecular formula is C14H18ClF2N3O. The minimum atomic E-state index is -0.555. The predicted molar refractivity (Wildman–Crippen MR) is 78.7 cm³/mol. The highest BCUT2D eigenvalue weighted by Gasteiger charge is 2.31. The zero-order valence-electron chi connectivity index (χ0n) is 11.4. The van der Waals surface area contributed by atoms with E-state index >= 15 is 0 Å². The van der Waals surface area contributed by atoms with Crippen LogP contribution in [0.3, 0.4) is 0 Å². The van der Waals surface area contributed by atoms with Crippen molar-refractivity contribution in [1.29, 1.82) is 0 Å². The van der Waals surface area contributed by atoms with Gasteiger partial charge < -0.3 is 15.5 Å². The van der Waals surface area contributed by atoms with Gasteiger partial charge in [0.15, 0.2) is 0 Å². The van der Waals surface area contributed by atoms with Crippen LogP contribution in [0.5, 0.6) is 0 Å². The molecule has 1 atom stereocenters. The molecule has 2 heterocycles. The summed E-state index contributed by atoms with van der Waals surface area (Å²) in [7, 11) is 0. The maximum atomic E-state index is 13.7. The highest BCUT2D eigenvalue weighted by Crippen LogP contribution is 2.26. The first-order valence-electron chi connectivity index (χ1n) is 6.85. The standard InChI is InChI=1S/C14H17F2N3O.ClH/c15-11-2-1-3-12(16)13(11)19-5-4-10(8-19)18-14(20)9-6-17-7-9;/h1-3,9-10,17H,4-8H2,(H,18,20);1H. The van der Waals surface area contributed by atoms with E-state index in [0.717, 1.165) is 0 Å². The van der Waals surface area contributed by atoms with Gasteiger partial charge in [0.2, 0.25) is 5.91 Å². The molecule has 0 saturated carbocycles. The third-order valence-corrected chi connectivity index (χ3v) is 3.94. The van der Waals surface area contributed by atoms with Gasteiger partial charge in [0.05, 0.1) is 5.92 Å². The normalized spacial score (nSPS) is 21.6. The summed E-state index contributed by atoms with van der Waals surface area (Å²) in [4.78, 5) is 13.5. The maximum Gasteiger partial charge on any atom is 0.225 e. The zero-order valence-corrected chi connectivity index (χ0v) is 12.3. The predicted octanol–water partition coefficient (Wildman–Crippen LogP) is 1.30. The lowest BCUT2D eigenvalue weighted by molar-refractivity contribution is -0.127. The van der Waals surface area contributed by atoms with Crippen molar-refractivity contribution in [2.75, 3.05) is 31.1 Å². The first-order chi connectivity index (χ1) is 9.65. The van der Waals surface area contributed by atoms with E-state index in [1.165, 1.54) is 18.2 Å². The second kappa shape index (κ2) is 6.58. The second-order valence-electron chi connectivity index (χ2n) is 5.37. The fourth-order valence-corrected chi connectivity index (χ4v) is 2.67. The summed E-state index contributed by atoms with van der Waals surface area (Å²) < 4.78 is 27.4. The Morgan fingerprint density at radius 3 is 2.52 bits per heavy atom. The number of amides is 1. The average Bonchev–Trinajstić information content (AvgIpc) is 2.74. The van der Waals surface area contributed by atoms with Gasteiger partial charge in [-0.2, -0.15) is 0 Å². The van der Waals surface area contributed by atoms with Crippen LogP contribution in [0.2, 0.25) is 0 Å². The number of hydrogen-bond donors (Lipinski definition) is 2. The van der Waals surface area contributed by atoms with Crippen LogP contribution in [0.4, 0.5) is 14.5 Å². The molecule has 4 nitrogen and oxygen atoms in total. The van der Waals surface area contributed by atoms with Crippen molar-refractivity contribution in [3.63, 3.8) is 0 Å². The molecule has 0 bridgehead atoms. The van der Waals surface area contributed by atoms with Gasteiger partial charge in [-0.1, -0.05) is 6.07 Å². The topological polar surface area (TPSA) is 44.4 Å². The molecule has 0 aromatic heterocycles. The number of hydrogen-bond acceptors (Lipinski definition) is 3. The van der Waals surface area contributed by atoms with E-state index < -0.39 is 11.6 Å². The van der Waals surface area contributed by atoms with E-state index in [4.69, 9.17) is 0 Å². The van der Waals surface area contributed by atoms with Gasteiger partial charge in [0.25, 0.3) is 0 Å². The van der Waals surface area contributed by atoms with Crippen LogP contribution in [0, 0.1) is 17.6 Å². The number of rotatable bonds is 3. The molecule has 2 N–H and O–H groups in total. The van der Waals surface area contributed by atoms with Crippen molar-refractivity contribution in [3.8, 4) is 0 Å². The maximum absolute atomic E-state index is 13.7. The summed E-state index contributed by atoms with van der Waals surface area (Å²) in [6, 6.07) is 3.82. The Kier molecular flexibility index (Phi) is 5.00. The van der Waals surface area contributed by atoms with Gasteiger partial charge >= 0.3 is 0 Å². The Hall–Kier alpha value is -1.40. The summed E-state index contributed by atoms with van der Waals surface area (Å²) >= 11 is 0. The summed E-state index contributed by atoms with van der Waals surface area (Å²) in [6.45, 7) is 2.42. The fourth-order valence-electron chi connectivity index (χ4n) is 2.67. The van der Waals surface area contributed by atoms with Crippen LogP contribution >= 0.6 is 12.4 Å². The van der Waals surface area contributed by atoms with E-state index in [2.05, 4.69) is 10.6 Å². The van der Waals surface area contributed by atoms with E-state index in [1.54, 1.807) is 4.90 Å². The Balaban J connectivity index is 0.00000161. The molecule has 0 spiro atoms. The van der Waals surface area contributed by atoms with Crippen LogP contribution in [0.1, 0.15) is 6.42 Å². The van der Waals surface area contributed by atoms with Crippen LogP contribution < -0.4 is 15.5 Å². The van der Waals surface area contributed by atoms with Gasteiger partial charge in [-0.15, -0.1) is 12.4 Å². The number of carbonyl (C=O) groups is 1. The monoisotopic (exact) mass is 317 g/mol. The first kappa shape index (κ1) is 16.0. The number of carbonyl (C=O) groups excluding carboxylic acids is 1. The summed E-state index contributed by atoms with van der Waals surface area (Å²) in [5, 5.41) is 6.00. The molecule has 0 radical (unpaired) electrons. The van der Waals surface area contributed by atoms with Crippen molar-refractivity contribution < 1.29 is 13.6 Å². The van der Waals surface area contributed by atoms with Gasteiger partial charge in [-0.3, -0.25) is 4.79 Å². The molecule has 2 aliphatic rings. The lowest BCUT2D eigenvalue weighted by Crippen LogP contribution is -2.53. The molecule has 0 aliphatic carbocycles. The highest BCUT2D eigenvalue weighted by molar-refractivity contribution is 5.85. The van der Waals surface area contributed by atoms with Gasteiger partial charge in [0, 0.05) is 32.2 Å². The quantitative estimate of drug-likeness (QED) is 0.883. The molecule has 2 aliphatic heterocycles. The first-order valence-corrected chi connectivity index (χ1v) is 6.85. The number of benzene rings is 1. The summed E-state index contributed by atoms with van der Waals surface area (Å²) in [5.41, 5.74) is 0.00885. The molecule has 1 aromatic carbocycles. The molecule has 3 rings (SSSR count). The van der Waals surface area contributed by atoms with Crippen LogP contribution in [0.15, 0.2) is 18.2 Å². The summed E-state index contributed by atoms with van der Waals surface area (Å²) in [6.07, 6.45) is 0.708. The number of nitrogens with one attached hydrogen (secondary N) is 2. The number of para-hydroxylation sites is 1. The van der Waals surface area contributed by atoms with E-state index in [-0.39, 0.29) is 36.0 Å². The Morgan fingerprint density at radius 1 is 1.29 bits per heavy atom. The Morgan fingerprint density at radius 2 is 1.95 bits per heavy atom. The van der Waals surface area contributed by atoms with Crippen molar-refractivity contribution in [2.45, 2.75) is 12.5 Å². The molecule has 1 unspecified atom stereocenters. The smallest absolute Gasteiger partial charge is 0.225 e. The summed E-state index contributed by atoms with van der Waals surface area (Å²) in [5.74, 6) is -1.04. The Labute approximate surface area is 128 Å². The van der Waals surface area contributed by atoms with Crippen LogP contribution in [-0.2, 0) is 4.79 Å². The van der Waals surface area contributed by atoms with Crippen LogP contribution in [0.25, 0.3) is 0 Å². The van der Waals surface area contributed by atoms with E-state index in [9.17, 15) is 13.6 Å². The molecule has 2 fully saturated rings. The minimum absolute atomic E-state index is 0. The average molecular weight is 318 g/mol. The molecule has 2 saturated heterocycles.